The summed E-state index contributed by atoms with van der Waals surface area (Å²) >= 11 is 6.00. The van der Waals surface area contributed by atoms with Gasteiger partial charge in [-0.05, 0) is 61.7 Å². The van der Waals surface area contributed by atoms with Crippen molar-refractivity contribution in [2.75, 3.05) is 17.2 Å². The van der Waals surface area contributed by atoms with E-state index < -0.39 is 0 Å². The molecule has 0 spiro atoms. The third kappa shape index (κ3) is 4.92. The van der Waals surface area contributed by atoms with Crippen LogP contribution in [0.3, 0.4) is 0 Å². The zero-order valence-electron chi connectivity index (χ0n) is 14.7. The SMILES string of the molecule is Cc1cc(Nc2ccc(Cl)cc2C)nc(NCCc2ccc(F)cc2)n1. The fourth-order valence-corrected chi connectivity index (χ4v) is 2.81. The van der Waals surface area contributed by atoms with Gasteiger partial charge in [0, 0.05) is 29.0 Å². The van der Waals surface area contributed by atoms with Crippen LogP contribution in [0.5, 0.6) is 0 Å². The minimum atomic E-state index is -0.225. The number of halogens is 2. The van der Waals surface area contributed by atoms with Gasteiger partial charge in [-0.25, -0.2) is 9.37 Å². The predicted octanol–water partition coefficient (Wildman–Crippen LogP) is 5.28. The largest absolute Gasteiger partial charge is 0.354 e. The van der Waals surface area contributed by atoms with Crippen molar-refractivity contribution in [1.29, 1.82) is 0 Å². The van der Waals surface area contributed by atoms with Gasteiger partial charge >= 0.3 is 0 Å². The van der Waals surface area contributed by atoms with Crippen LogP contribution < -0.4 is 10.6 Å². The number of hydrogen-bond donors (Lipinski definition) is 2. The quantitative estimate of drug-likeness (QED) is 0.619. The Labute approximate surface area is 157 Å². The van der Waals surface area contributed by atoms with Crippen LogP contribution >= 0.6 is 11.6 Å². The Hall–Kier alpha value is -2.66. The summed E-state index contributed by atoms with van der Waals surface area (Å²) in [5.74, 6) is 1.05. The van der Waals surface area contributed by atoms with E-state index in [0.29, 0.717) is 23.3 Å². The van der Waals surface area contributed by atoms with Gasteiger partial charge in [0.25, 0.3) is 0 Å². The fraction of sp³-hybridized carbons (Fsp3) is 0.200. The molecular weight excluding hydrogens is 351 g/mol. The second-order valence-electron chi connectivity index (χ2n) is 6.11. The first-order chi connectivity index (χ1) is 12.5. The van der Waals surface area contributed by atoms with Crippen LogP contribution in [0.15, 0.2) is 48.5 Å². The van der Waals surface area contributed by atoms with Crippen LogP contribution in [0.4, 0.5) is 21.8 Å². The Morgan fingerprint density at radius 3 is 2.50 bits per heavy atom. The maximum atomic E-state index is 12.9. The smallest absolute Gasteiger partial charge is 0.224 e. The second kappa shape index (κ2) is 8.15. The first kappa shape index (κ1) is 18.1. The van der Waals surface area contributed by atoms with E-state index in [1.54, 1.807) is 12.1 Å². The van der Waals surface area contributed by atoms with Crippen LogP contribution in [0.2, 0.25) is 5.02 Å². The molecule has 0 amide bonds. The lowest BCUT2D eigenvalue weighted by molar-refractivity contribution is 0.627. The predicted molar refractivity (Wildman–Crippen MR) is 105 cm³/mol. The molecule has 2 aromatic carbocycles. The zero-order chi connectivity index (χ0) is 18.5. The van der Waals surface area contributed by atoms with Crippen LogP contribution in [0, 0.1) is 19.7 Å². The molecule has 134 valence electrons. The van der Waals surface area contributed by atoms with E-state index >= 15 is 0 Å². The van der Waals surface area contributed by atoms with E-state index in [2.05, 4.69) is 20.6 Å². The molecule has 0 aliphatic rings. The highest BCUT2D eigenvalue weighted by molar-refractivity contribution is 6.30. The lowest BCUT2D eigenvalue weighted by atomic mass is 10.1. The summed E-state index contributed by atoms with van der Waals surface area (Å²) in [6.45, 7) is 4.57. The number of aryl methyl sites for hydroxylation is 2. The molecule has 0 aliphatic carbocycles. The molecule has 1 heterocycles. The van der Waals surface area contributed by atoms with Crippen LogP contribution in [0.25, 0.3) is 0 Å². The summed E-state index contributed by atoms with van der Waals surface area (Å²) < 4.78 is 12.9. The highest BCUT2D eigenvalue weighted by atomic mass is 35.5. The van der Waals surface area contributed by atoms with Crippen molar-refractivity contribution < 1.29 is 4.39 Å². The van der Waals surface area contributed by atoms with Gasteiger partial charge in [0.05, 0.1) is 0 Å². The van der Waals surface area contributed by atoms with E-state index in [1.165, 1.54) is 12.1 Å². The van der Waals surface area contributed by atoms with E-state index in [9.17, 15) is 4.39 Å². The van der Waals surface area contributed by atoms with Crippen molar-refractivity contribution in [3.05, 3.63) is 76.2 Å². The topological polar surface area (TPSA) is 49.8 Å². The molecule has 0 radical (unpaired) electrons. The Bertz CT molecular complexity index is 897. The molecule has 2 N–H and O–H groups in total. The van der Waals surface area contributed by atoms with Crippen molar-refractivity contribution in [3.63, 3.8) is 0 Å². The molecule has 0 unspecified atom stereocenters. The average molecular weight is 371 g/mol. The van der Waals surface area contributed by atoms with E-state index in [4.69, 9.17) is 11.6 Å². The highest BCUT2D eigenvalue weighted by Gasteiger charge is 2.05. The standard InChI is InChI=1S/C20H20ClFN4/c1-13-11-16(21)5-8-18(13)25-19-12-14(2)24-20(26-19)23-10-9-15-3-6-17(22)7-4-15/h3-8,11-12H,9-10H2,1-2H3,(H2,23,24,25,26). The molecule has 26 heavy (non-hydrogen) atoms. The maximum Gasteiger partial charge on any atom is 0.224 e. The van der Waals surface area contributed by atoms with Crippen molar-refractivity contribution in [1.82, 2.24) is 9.97 Å². The fourth-order valence-electron chi connectivity index (χ4n) is 2.59. The Kier molecular flexibility index (Phi) is 5.68. The van der Waals surface area contributed by atoms with E-state index in [-0.39, 0.29) is 5.82 Å². The van der Waals surface area contributed by atoms with Crippen molar-refractivity contribution in [3.8, 4) is 0 Å². The maximum absolute atomic E-state index is 12.9. The molecule has 6 heteroatoms. The molecule has 0 atom stereocenters. The Balaban J connectivity index is 1.66. The van der Waals surface area contributed by atoms with Gasteiger partial charge in [0.2, 0.25) is 5.95 Å². The molecule has 3 aromatic rings. The van der Waals surface area contributed by atoms with Crippen LogP contribution in [-0.4, -0.2) is 16.5 Å². The van der Waals surface area contributed by atoms with Crippen LogP contribution in [-0.2, 0) is 6.42 Å². The number of nitrogens with zero attached hydrogens (tertiary/aromatic N) is 2. The minimum Gasteiger partial charge on any atom is -0.354 e. The van der Waals surface area contributed by atoms with Crippen LogP contribution in [0.1, 0.15) is 16.8 Å². The average Bonchev–Trinajstić information content (AvgIpc) is 2.59. The number of rotatable bonds is 6. The lowest BCUT2D eigenvalue weighted by Crippen LogP contribution is -2.09. The van der Waals surface area contributed by atoms with E-state index in [1.807, 2.05) is 38.1 Å². The highest BCUT2D eigenvalue weighted by Crippen LogP contribution is 2.23. The van der Waals surface area contributed by atoms with Gasteiger partial charge in [0.15, 0.2) is 0 Å². The summed E-state index contributed by atoms with van der Waals surface area (Å²) in [7, 11) is 0. The summed E-state index contributed by atoms with van der Waals surface area (Å²) in [5.41, 5.74) is 3.91. The Morgan fingerprint density at radius 2 is 1.77 bits per heavy atom. The van der Waals surface area contributed by atoms with Gasteiger partial charge in [-0.3, -0.25) is 0 Å². The number of benzene rings is 2. The third-order valence-electron chi connectivity index (χ3n) is 3.92. The first-order valence-corrected chi connectivity index (χ1v) is 8.74. The normalized spacial score (nSPS) is 10.6. The number of hydrogen-bond acceptors (Lipinski definition) is 4. The van der Waals surface area contributed by atoms with Gasteiger partial charge < -0.3 is 10.6 Å². The van der Waals surface area contributed by atoms with Gasteiger partial charge in [0.1, 0.15) is 11.6 Å². The van der Waals surface area contributed by atoms with E-state index in [0.717, 1.165) is 28.9 Å². The number of nitrogens with one attached hydrogen (secondary N) is 2. The first-order valence-electron chi connectivity index (χ1n) is 8.37. The van der Waals surface area contributed by atoms with Gasteiger partial charge in [-0.2, -0.15) is 4.98 Å². The number of aromatic nitrogens is 2. The minimum absolute atomic E-state index is 0.225. The molecule has 0 bridgehead atoms. The van der Waals surface area contributed by atoms with Crippen molar-refractivity contribution in [2.24, 2.45) is 0 Å². The lowest BCUT2D eigenvalue weighted by Gasteiger charge is -2.12. The molecular formula is C20H20ClFN4. The molecule has 0 aliphatic heterocycles. The molecule has 3 rings (SSSR count). The molecule has 0 saturated heterocycles. The van der Waals surface area contributed by atoms with Crippen molar-refractivity contribution in [2.45, 2.75) is 20.3 Å². The molecule has 0 fully saturated rings. The third-order valence-corrected chi connectivity index (χ3v) is 4.15. The Morgan fingerprint density at radius 1 is 1.00 bits per heavy atom. The summed E-state index contributed by atoms with van der Waals surface area (Å²) in [6.07, 6.45) is 0.761. The monoisotopic (exact) mass is 370 g/mol. The molecule has 0 saturated carbocycles. The van der Waals surface area contributed by atoms with Gasteiger partial charge in [-0.15, -0.1) is 0 Å². The summed E-state index contributed by atoms with van der Waals surface area (Å²) in [6, 6.07) is 14.1. The zero-order valence-corrected chi connectivity index (χ0v) is 15.4. The molecule has 1 aromatic heterocycles. The number of anilines is 3. The molecule has 4 nitrogen and oxygen atoms in total. The van der Waals surface area contributed by atoms with Gasteiger partial charge in [-0.1, -0.05) is 23.7 Å². The second-order valence-corrected chi connectivity index (χ2v) is 6.54. The summed E-state index contributed by atoms with van der Waals surface area (Å²) in [4.78, 5) is 8.93. The van der Waals surface area contributed by atoms with Crippen molar-refractivity contribution >= 4 is 29.1 Å². The summed E-state index contributed by atoms with van der Waals surface area (Å²) in [5, 5.41) is 7.23.